The van der Waals surface area contributed by atoms with Gasteiger partial charge in [-0.25, -0.2) is 0 Å². The van der Waals surface area contributed by atoms with E-state index in [0.717, 1.165) is 33.9 Å². The SMILES string of the molecule is Cc1ccc(C)c(O[C@H](C)C(=O)NCCSCc2ccc(Cl)c(Cl)c2)c1. The molecule has 0 saturated heterocycles. The van der Waals surface area contributed by atoms with Crippen LogP contribution in [0, 0.1) is 13.8 Å². The summed E-state index contributed by atoms with van der Waals surface area (Å²) in [7, 11) is 0. The van der Waals surface area contributed by atoms with Gasteiger partial charge in [-0.05, 0) is 55.7 Å². The van der Waals surface area contributed by atoms with Crippen molar-refractivity contribution in [2.24, 2.45) is 0 Å². The van der Waals surface area contributed by atoms with E-state index >= 15 is 0 Å². The lowest BCUT2D eigenvalue weighted by Crippen LogP contribution is -2.37. The third kappa shape index (κ3) is 6.42. The first-order valence-corrected chi connectivity index (χ1v) is 10.3. The van der Waals surface area contributed by atoms with Crippen molar-refractivity contribution in [2.75, 3.05) is 12.3 Å². The van der Waals surface area contributed by atoms with Gasteiger partial charge in [-0.3, -0.25) is 4.79 Å². The third-order valence-corrected chi connectivity index (χ3v) is 5.58. The summed E-state index contributed by atoms with van der Waals surface area (Å²) in [6.07, 6.45) is -0.532. The van der Waals surface area contributed by atoms with E-state index in [0.29, 0.717) is 16.6 Å². The summed E-state index contributed by atoms with van der Waals surface area (Å²) < 4.78 is 5.79. The van der Waals surface area contributed by atoms with Crippen molar-refractivity contribution >= 4 is 40.9 Å². The first-order chi connectivity index (χ1) is 12.4. The third-order valence-electron chi connectivity index (χ3n) is 3.81. The highest BCUT2D eigenvalue weighted by Crippen LogP contribution is 2.24. The minimum atomic E-state index is -0.532. The normalized spacial score (nSPS) is 11.9. The first-order valence-electron chi connectivity index (χ1n) is 8.40. The fourth-order valence-corrected chi connectivity index (χ4v) is 3.41. The molecule has 1 N–H and O–H groups in total. The largest absolute Gasteiger partial charge is 0.481 e. The number of halogens is 2. The van der Waals surface area contributed by atoms with Crippen LogP contribution < -0.4 is 10.1 Å². The monoisotopic (exact) mass is 411 g/mol. The number of nitrogens with one attached hydrogen (secondary N) is 1. The maximum atomic E-state index is 12.2. The van der Waals surface area contributed by atoms with Crippen LogP contribution in [0.3, 0.4) is 0 Å². The molecule has 26 heavy (non-hydrogen) atoms. The number of carbonyl (C=O) groups is 1. The van der Waals surface area contributed by atoms with Crippen LogP contribution in [0.2, 0.25) is 10.0 Å². The van der Waals surface area contributed by atoms with Crippen LogP contribution in [0.1, 0.15) is 23.6 Å². The summed E-state index contributed by atoms with van der Waals surface area (Å²) in [5.41, 5.74) is 3.24. The molecule has 0 spiro atoms. The number of carbonyl (C=O) groups excluding carboxylic acids is 1. The lowest BCUT2D eigenvalue weighted by atomic mass is 10.1. The Morgan fingerprint density at radius 1 is 1.15 bits per heavy atom. The topological polar surface area (TPSA) is 38.3 Å². The second-order valence-electron chi connectivity index (χ2n) is 6.12. The van der Waals surface area contributed by atoms with Crippen LogP contribution in [0.25, 0.3) is 0 Å². The Kier molecular flexibility index (Phi) is 8.14. The Balaban J connectivity index is 1.70. The van der Waals surface area contributed by atoms with Crippen LogP contribution >= 0.6 is 35.0 Å². The minimum absolute atomic E-state index is 0.110. The quantitative estimate of drug-likeness (QED) is 0.588. The van der Waals surface area contributed by atoms with E-state index in [1.54, 1.807) is 24.8 Å². The lowest BCUT2D eigenvalue weighted by molar-refractivity contribution is -0.127. The fraction of sp³-hybridized carbons (Fsp3) is 0.350. The number of hydrogen-bond acceptors (Lipinski definition) is 3. The van der Waals surface area contributed by atoms with Crippen LogP contribution in [0.4, 0.5) is 0 Å². The van der Waals surface area contributed by atoms with Gasteiger partial charge >= 0.3 is 0 Å². The highest BCUT2D eigenvalue weighted by atomic mass is 35.5. The standard InChI is InChI=1S/C20H23Cl2NO2S/c1-13-4-5-14(2)19(10-13)25-15(3)20(24)23-8-9-26-12-16-6-7-17(21)18(22)11-16/h4-7,10-11,15H,8-9,12H2,1-3H3,(H,23,24)/t15-/m1/s1. The number of ether oxygens (including phenoxy) is 1. The zero-order valence-electron chi connectivity index (χ0n) is 15.1. The number of thioether (sulfide) groups is 1. The summed E-state index contributed by atoms with van der Waals surface area (Å²) in [5, 5.41) is 4.04. The van der Waals surface area contributed by atoms with E-state index in [2.05, 4.69) is 5.32 Å². The Hall–Kier alpha value is -1.36. The van der Waals surface area contributed by atoms with Crippen molar-refractivity contribution in [1.29, 1.82) is 0 Å². The predicted molar refractivity (Wildman–Crippen MR) is 112 cm³/mol. The highest BCUT2D eigenvalue weighted by molar-refractivity contribution is 7.98. The molecule has 2 aromatic rings. The summed E-state index contributed by atoms with van der Waals surface area (Å²) >= 11 is 13.6. The van der Waals surface area contributed by atoms with E-state index < -0.39 is 6.10 Å². The van der Waals surface area contributed by atoms with E-state index in [1.165, 1.54) is 0 Å². The molecule has 0 unspecified atom stereocenters. The molecule has 1 amide bonds. The molecule has 0 heterocycles. The lowest BCUT2D eigenvalue weighted by Gasteiger charge is -2.16. The predicted octanol–water partition coefficient (Wildman–Crippen LogP) is 5.43. The number of benzene rings is 2. The molecule has 3 nitrogen and oxygen atoms in total. The van der Waals surface area contributed by atoms with E-state index in [9.17, 15) is 4.79 Å². The molecule has 140 valence electrons. The summed E-state index contributed by atoms with van der Waals surface area (Å²) in [4.78, 5) is 12.2. The molecule has 0 bridgehead atoms. The molecular weight excluding hydrogens is 389 g/mol. The van der Waals surface area contributed by atoms with Gasteiger partial charge in [-0.1, -0.05) is 41.4 Å². The van der Waals surface area contributed by atoms with Gasteiger partial charge in [0.25, 0.3) is 5.91 Å². The second-order valence-corrected chi connectivity index (χ2v) is 8.04. The number of aryl methyl sites for hydroxylation is 2. The van der Waals surface area contributed by atoms with Gasteiger partial charge in [0.15, 0.2) is 6.10 Å². The molecule has 0 aromatic heterocycles. The summed E-state index contributed by atoms with van der Waals surface area (Å²) in [5.74, 6) is 2.27. The van der Waals surface area contributed by atoms with E-state index in [4.69, 9.17) is 27.9 Å². The molecule has 0 radical (unpaired) electrons. The molecule has 2 rings (SSSR count). The highest BCUT2D eigenvalue weighted by Gasteiger charge is 2.15. The molecule has 0 fully saturated rings. The summed E-state index contributed by atoms with van der Waals surface area (Å²) in [6, 6.07) is 11.6. The van der Waals surface area contributed by atoms with Crippen molar-refractivity contribution in [3.63, 3.8) is 0 Å². The van der Waals surface area contributed by atoms with E-state index in [1.807, 2.05) is 44.2 Å². The average molecular weight is 412 g/mol. The Morgan fingerprint density at radius 2 is 1.92 bits per heavy atom. The fourth-order valence-electron chi connectivity index (χ4n) is 2.29. The first kappa shape index (κ1) is 20.9. The molecule has 1 atom stereocenters. The van der Waals surface area contributed by atoms with Gasteiger partial charge in [-0.2, -0.15) is 11.8 Å². The Labute approximate surface area is 169 Å². The van der Waals surface area contributed by atoms with E-state index in [-0.39, 0.29) is 5.91 Å². The van der Waals surface area contributed by atoms with Crippen LogP contribution in [0.5, 0.6) is 5.75 Å². The van der Waals surface area contributed by atoms with Gasteiger partial charge < -0.3 is 10.1 Å². The maximum absolute atomic E-state index is 12.2. The molecule has 0 aliphatic carbocycles. The molecule has 6 heteroatoms. The number of hydrogen-bond donors (Lipinski definition) is 1. The molecule has 0 aliphatic heterocycles. The smallest absolute Gasteiger partial charge is 0.260 e. The van der Waals surface area contributed by atoms with Crippen molar-refractivity contribution in [3.05, 3.63) is 63.1 Å². The van der Waals surface area contributed by atoms with Crippen molar-refractivity contribution in [2.45, 2.75) is 32.6 Å². The van der Waals surface area contributed by atoms with Crippen LogP contribution in [-0.4, -0.2) is 24.3 Å². The zero-order valence-corrected chi connectivity index (χ0v) is 17.5. The van der Waals surface area contributed by atoms with Gasteiger partial charge in [0.2, 0.25) is 0 Å². The van der Waals surface area contributed by atoms with Crippen molar-refractivity contribution in [1.82, 2.24) is 5.32 Å². The average Bonchev–Trinajstić information content (AvgIpc) is 2.60. The maximum Gasteiger partial charge on any atom is 0.260 e. The van der Waals surface area contributed by atoms with Gasteiger partial charge in [0.05, 0.1) is 10.0 Å². The Bertz CT molecular complexity index is 767. The number of rotatable bonds is 8. The van der Waals surface area contributed by atoms with Crippen molar-refractivity contribution in [3.8, 4) is 5.75 Å². The minimum Gasteiger partial charge on any atom is -0.481 e. The van der Waals surface area contributed by atoms with Crippen molar-refractivity contribution < 1.29 is 9.53 Å². The second kappa shape index (κ2) is 10.1. The van der Waals surface area contributed by atoms with Gasteiger partial charge in [0.1, 0.15) is 5.75 Å². The van der Waals surface area contributed by atoms with Crippen LogP contribution in [0.15, 0.2) is 36.4 Å². The zero-order chi connectivity index (χ0) is 19.1. The molecule has 0 saturated carbocycles. The van der Waals surface area contributed by atoms with Gasteiger partial charge in [-0.15, -0.1) is 0 Å². The molecule has 0 aliphatic rings. The molecular formula is C20H23Cl2NO2S. The van der Waals surface area contributed by atoms with Crippen LogP contribution in [-0.2, 0) is 10.5 Å². The summed E-state index contributed by atoms with van der Waals surface area (Å²) in [6.45, 7) is 6.33. The number of amides is 1. The molecule has 2 aromatic carbocycles. The van der Waals surface area contributed by atoms with Gasteiger partial charge in [0, 0.05) is 18.1 Å². The Morgan fingerprint density at radius 3 is 2.65 bits per heavy atom.